The molecule has 0 spiro atoms. The number of hydrogen-bond acceptors (Lipinski definition) is 1. The lowest BCUT2D eigenvalue weighted by molar-refractivity contribution is 0.815. The Labute approximate surface area is 63.7 Å². The molecule has 0 aliphatic heterocycles. The van der Waals surface area contributed by atoms with E-state index >= 15 is 0 Å². The summed E-state index contributed by atoms with van der Waals surface area (Å²) in [6, 6.07) is 0. The zero-order chi connectivity index (χ0) is 7.82. The van der Waals surface area contributed by atoms with Crippen LogP contribution in [0.25, 0.3) is 0 Å². The summed E-state index contributed by atoms with van der Waals surface area (Å²) in [4.78, 5) is 0. The first-order chi connectivity index (χ1) is 4.81. The zero-order valence-electron chi connectivity index (χ0n) is 6.98. The van der Waals surface area contributed by atoms with Gasteiger partial charge in [-0.15, -0.1) is 0 Å². The van der Waals surface area contributed by atoms with E-state index < -0.39 is 0 Å². The normalized spacial score (nSPS) is 10.6. The van der Waals surface area contributed by atoms with Gasteiger partial charge in [0.15, 0.2) is 0 Å². The summed E-state index contributed by atoms with van der Waals surface area (Å²) in [6.45, 7) is 4.19. The van der Waals surface area contributed by atoms with Crippen LogP contribution in [0.1, 0.15) is 39.5 Å². The van der Waals surface area contributed by atoms with Gasteiger partial charge in [0.25, 0.3) is 0 Å². The Balaban J connectivity index is 3.27. The molecule has 0 atom stereocenters. The van der Waals surface area contributed by atoms with Crippen molar-refractivity contribution in [2.45, 2.75) is 39.5 Å². The average Bonchev–Trinajstić information content (AvgIpc) is 1.98. The van der Waals surface area contributed by atoms with Crippen molar-refractivity contribution in [3.05, 3.63) is 12.2 Å². The van der Waals surface area contributed by atoms with E-state index in [4.69, 9.17) is 5.41 Å². The van der Waals surface area contributed by atoms with Gasteiger partial charge < -0.3 is 5.41 Å². The van der Waals surface area contributed by atoms with Crippen molar-refractivity contribution < 1.29 is 0 Å². The maximum atomic E-state index is 7.29. The molecule has 0 aliphatic rings. The zero-order valence-corrected chi connectivity index (χ0v) is 6.98. The average molecular weight is 139 g/mol. The van der Waals surface area contributed by atoms with Crippen LogP contribution in [0.3, 0.4) is 0 Å². The summed E-state index contributed by atoms with van der Waals surface area (Å²) in [6.07, 6.45) is 8.46. The summed E-state index contributed by atoms with van der Waals surface area (Å²) in [5, 5.41) is 7.29. The van der Waals surface area contributed by atoms with Gasteiger partial charge in [0.05, 0.1) is 0 Å². The first-order valence-corrected chi connectivity index (χ1v) is 4.05. The minimum atomic E-state index is 0.733. The number of rotatable bonds is 5. The Hall–Kier alpha value is -0.590. The largest absolute Gasteiger partial charge is 0.305 e. The molecule has 0 heterocycles. The Morgan fingerprint density at radius 3 is 2.60 bits per heavy atom. The molecule has 0 saturated carbocycles. The predicted molar refractivity (Wildman–Crippen MR) is 46.7 cm³/mol. The standard InChI is InChI=1S/C9H17N/c1-3-5-6-7-8-9(10)4-2/h7-8,10H,3-6H2,1-2H3/b8-7+,10-9?. The lowest BCUT2D eigenvalue weighted by Crippen LogP contribution is -1.84. The molecule has 0 aliphatic carbocycles. The number of unbranched alkanes of at least 4 members (excludes halogenated alkanes) is 2. The van der Waals surface area contributed by atoms with Crippen molar-refractivity contribution >= 4 is 5.71 Å². The molecule has 0 aromatic carbocycles. The Morgan fingerprint density at radius 2 is 2.10 bits per heavy atom. The van der Waals surface area contributed by atoms with Crippen LogP contribution >= 0.6 is 0 Å². The first kappa shape index (κ1) is 9.41. The quantitative estimate of drug-likeness (QED) is 0.447. The second-order valence-electron chi connectivity index (χ2n) is 2.42. The van der Waals surface area contributed by atoms with Crippen molar-refractivity contribution in [1.82, 2.24) is 0 Å². The topological polar surface area (TPSA) is 23.9 Å². The van der Waals surface area contributed by atoms with Crippen LogP contribution in [0.2, 0.25) is 0 Å². The number of hydrogen-bond donors (Lipinski definition) is 1. The predicted octanol–water partition coefficient (Wildman–Crippen LogP) is 3.16. The second-order valence-corrected chi connectivity index (χ2v) is 2.42. The van der Waals surface area contributed by atoms with Gasteiger partial charge in [0.2, 0.25) is 0 Å². The van der Waals surface area contributed by atoms with Crippen molar-refractivity contribution in [3.8, 4) is 0 Å². The summed E-state index contributed by atoms with van der Waals surface area (Å²) in [5.41, 5.74) is 0.733. The Kier molecular flexibility index (Phi) is 6.14. The van der Waals surface area contributed by atoms with Crippen LogP contribution < -0.4 is 0 Å². The monoisotopic (exact) mass is 139 g/mol. The van der Waals surface area contributed by atoms with E-state index in [0.717, 1.165) is 18.6 Å². The molecule has 0 rings (SSSR count). The Morgan fingerprint density at radius 1 is 1.40 bits per heavy atom. The molecular weight excluding hydrogens is 122 g/mol. The van der Waals surface area contributed by atoms with Crippen LogP contribution in [0.4, 0.5) is 0 Å². The van der Waals surface area contributed by atoms with E-state index in [2.05, 4.69) is 13.0 Å². The molecule has 0 aromatic rings. The fourth-order valence-electron chi connectivity index (χ4n) is 0.665. The van der Waals surface area contributed by atoms with Crippen molar-refractivity contribution in [1.29, 1.82) is 5.41 Å². The van der Waals surface area contributed by atoms with E-state index in [1.54, 1.807) is 0 Å². The third-order valence-corrected chi connectivity index (χ3v) is 1.42. The van der Waals surface area contributed by atoms with Gasteiger partial charge in [-0.25, -0.2) is 0 Å². The molecule has 0 unspecified atom stereocenters. The third kappa shape index (κ3) is 5.54. The summed E-state index contributed by atoms with van der Waals surface area (Å²) < 4.78 is 0. The van der Waals surface area contributed by atoms with Gasteiger partial charge in [-0.3, -0.25) is 0 Å². The summed E-state index contributed by atoms with van der Waals surface area (Å²) in [5.74, 6) is 0. The summed E-state index contributed by atoms with van der Waals surface area (Å²) in [7, 11) is 0. The fourth-order valence-corrected chi connectivity index (χ4v) is 0.665. The highest BCUT2D eigenvalue weighted by molar-refractivity contribution is 5.91. The number of allylic oxidation sites excluding steroid dienone is 2. The van der Waals surface area contributed by atoms with Crippen LogP contribution in [0.15, 0.2) is 12.2 Å². The van der Waals surface area contributed by atoms with Gasteiger partial charge >= 0.3 is 0 Å². The third-order valence-electron chi connectivity index (χ3n) is 1.42. The van der Waals surface area contributed by atoms with Gasteiger partial charge in [0, 0.05) is 5.71 Å². The molecule has 0 bridgehead atoms. The van der Waals surface area contributed by atoms with E-state index in [-0.39, 0.29) is 0 Å². The maximum Gasteiger partial charge on any atom is 0.0308 e. The molecule has 1 nitrogen and oxygen atoms in total. The van der Waals surface area contributed by atoms with Gasteiger partial charge in [-0.2, -0.15) is 0 Å². The molecule has 0 saturated heterocycles. The van der Waals surface area contributed by atoms with Crippen LogP contribution in [-0.4, -0.2) is 5.71 Å². The molecule has 0 radical (unpaired) electrons. The molecular formula is C9H17N. The van der Waals surface area contributed by atoms with Crippen LogP contribution in [0.5, 0.6) is 0 Å². The smallest absolute Gasteiger partial charge is 0.0308 e. The minimum absolute atomic E-state index is 0.733. The van der Waals surface area contributed by atoms with Gasteiger partial charge in [0.1, 0.15) is 0 Å². The highest BCUT2D eigenvalue weighted by Gasteiger charge is 1.82. The molecule has 0 aromatic heterocycles. The van der Waals surface area contributed by atoms with E-state index in [1.165, 1.54) is 12.8 Å². The summed E-state index contributed by atoms with van der Waals surface area (Å²) >= 11 is 0. The van der Waals surface area contributed by atoms with E-state index in [0.29, 0.717) is 0 Å². The molecule has 10 heavy (non-hydrogen) atoms. The molecule has 58 valence electrons. The lowest BCUT2D eigenvalue weighted by atomic mass is 10.2. The maximum absolute atomic E-state index is 7.29. The van der Waals surface area contributed by atoms with Gasteiger partial charge in [-0.1, -0.05) is 32.8 Å². The molecule has 1 N–H and O–H groups in total. The Bertz CT molecular complexity index is 114. The highest BCUT2D eigenvalue weighted by Crippen LogP contribution is 1.95. The fraction of sp³-hybridized carbons (Fsp3) is 0.667. The minimum Gasteiger partial charge on any atom is -0.305 e. The lowest BCUT2D eigenvalue weighted by Gasteiger charge is -1.89. The van der Waals surface area contributed by atoms with Crippen molar-refractivity contribution in [2.75, 3.05) is 0 Å². The van der Waals surface area contributed by atoms with E-state index in [9.17, 15) is 0 Å². The first-order valence-electron chi connectivity index (χ1n) is 4.05. The SMILES string of the molecule is CCCC/C=C/C(=N)CC. The molecule has 1 heteroatoms. The van der Waals surface area contributed by atoms with E-state index in [1.807, 2.05) is 13.0 Å². The van der Waals surface area contributed by atoms with Crippen LogP contribution in [0, 0.1) is 5.41 Å². The molecule has 0 fully saturated rings. The van der Waals surface area contributed by atoms with Crippen molar-refractivity contribution in [3.63, 3.8) is 0 Å². The van der Waals surface area contributed by atoms with Gasteiger partial charge in [-0.05, 0) is 18.9 Å². The number of nitrogens with one attached hydrogen (secondary N) is 1. The molecule has 0 amide bonds. The highest BCUT2D eigenvalue weighted by atomic mass is 14.4. The second kappa shape index (κ2) is 6.53. The van der Waals surface area contributed by atoms with Crippen LogP contribution in [-0.2, 0) is 0 Å². The van der Waals surface area contributed by atoms with Crippen molar-refractivity contribution in [2.24, 2.45) is 0 Å².